The molecule has 0 amide bonds. The molecule has 5 nitrogen and oxygen atoms in total. The molecule has 0 bridgehead atoms. The zero-order chi connectivity index (χ0) is 16.4. The highest BCUT2D eigenvalue weighted by Crippen LogP contribution is 2.24. The van der Waals surface area contributed by atoms with Gasteiger partial charge in [0, 0.05) is 12.1 Å². The molecule has 0 saturated carbocycles. The Morgan fingerprint density at radius 1 is 1.22 bits per heavy atom. The first kappa shape index (κ1) is 15.7. The van der Waals surface area contributed by atoms with Gasteiger partial charge in [0.2, 0.25) is 0 Å². The Hall–Kier alpha value is -2.14. The molecule has 2 aromatic rings. The van der Waals surface area contributed by atoms with Gasteiger partial charge in [-0.15, -0.1) is 0 Å². The highest BCUT2D eigenvalue weighted by molar-refractivity contribution is 5.31. The Labute approximate surface area is 136 Å². The molecule has 1 aromatic carbocycles. The number of aromatic nitrogens is 2. The van der Waals surface area contributed by atoms with Crippen LogP contribution in [0.5, 0.6) is 5.75 Å². The van der Waals surface area contributed by atoms with Crippen LogP contribution >= 0.6 is 0 Å². The van der Waals surface area contributed by atoms with Crippen LogP contribution in [0, 0.1) is 0 Å². The average molecular weight is 313 g/mol. The monoisotopic (exact) mass is 313 g/mol. The normalized spacial score (nSPS) is 14.4. The minimum atomic E-state index is -0.0434. The molecule has 0 aliphatic carbocycles. The van der Waals surface area contributed by atoms with E-state index in [0.717, 1.165) is 30.0 Å². The van der Waals surface area contributed by atoms with Gasteiger partial charge < -0.3 is 15.0 Å². The third-order valence-corrected chi connectivity index (χ3v) is 4.09. The number of nitrogens with zero attached hydrogens (tertiary/aromatic N) is 1. The molecule has 1 aromatic heterocycles. The quantitative estimate of drug-likeness (QED) is 0.912. The van der Waals surface area contributed by atoms with Crippen molar-refractivity contribution in [2.45, 2.75) is 45.8 Å². The summed E-state index contributed by atoms with van der Waals surface area (Å²) in [5, 5.41) is 3.23. The molecular formula is C18H23N3O2. The summed E-state index contributed by atoms with van der Waals surface area (Å²) in [5.74, 6) is 1.34. The van der Waals surface area contributed by atoms with Crippen LogP contribution in [0.25, 0.3) is 0 Å². The fraction of sp³-hybridized carbons (Fsp3) is 0.444. The second-order valence-electron chi connectivity index (χ2n) is 6.93. The van der Waals surface area contributed by atoms with Gasteiger partial charge in [-0.1, -0.05) is 32.9 Å². The number of aromatic amines is 1. The lowest BCUT2D eigenvalue weighted by atomic mass is 9.87. The number of hydrogen-bond acceptors (Lipinski definition) is 4. The molecule has 5 heteroatoms. The van der Waals surface area contributed by atoms with E-state index in [1.54, 1.807) is 0 Å². The molecule has 1 aliphatic rings. The fourth-order valence-corrected chi connectivity index (χ4v) is 2.69. The van der Waals surface area contributed by atoms with E-state index in [0.29, 0.717) is 12.4 Å². The van der Waals surface area contributed by atoms with E-state index in [1.807, 2.05) is 12.1 Å². The summed E-state index contributed by atoms with van der Waals surface area (Å²) in [6.07, 6.45) is 0.729. The number of ether oxygens (including phenoxy) is 1. The second kappa shape index (κ2) is 6.16. The molecule has 0 saturated heterocycles. The summed E-state index contributed by atoms with van der Waals surface area (Å²) in [5.41, 5.74) is 2.97. The van der Waals surface area contributed by atoms with Crippen LogP contribution in [-0.4, -0.2) is 16.5 Å². The van der Waals surface area contributed by atoms with E-state index in [-0.39, 0.29) is 17.6 Å². The Morgan fingerprint density at radius 2 is 1.96 bits per heavy atom. The molecule has 0 unspecified atom stereocenters. The first-order valence-electron chi connectivity index (χ1n) is 7.98. The lowest BCUT2D eigenvalue weighted by molar-refractivity contribution is 0.294. The third-order valence-electron chi connectivity index (χ3n) is 4.09. The SMILES string of the molecule is CC(C)(C)c1ccc(OCc2nc3c(c(=O)[nH]2)CCNC3)cc1. The Balaban J connectivity index is 1.71. The minimum absolute atomic E-state index is 0.0434. The van der Waals surface area contributed by atoms with Crippen molar-refractivity contribution >= 4 is 0 Å². The third kappa shape index (κ3) is 3.62. The lowest BCUT2D eigenvalue weighted by Gasteiger charge is -2.19. The molecule has 2 heterocycles. The van der Waals surface area contributed by atoms with Gasteiger partial charge in [-0.25, -0.2) is 4.98 Å². The van der Waals surface area contributed by atoms with Crippen LogP contribution in [0.2, 0.25) is 0 Å². The molecule has 3 rings (SSSR count). The van der Waals surface area contributed by atoms with Crippen molar-refractivity contribution in [2.75, 3.05) is 6.54 Å². The molecule has 1 aliphatic heterocycles. The smallest absolute Gasteiger partial charge is 0.254 e. The number of H-pyrrole nitrogens is 1. The van der Waals surface area contributed by atoms with Crippen LogP contribution in [0.15, 0.2) is 29.1 Å². The van der Waals surface area contributed by atoms with Gasteiger partial charge in [-0.05, 0) is 36.1 Å². The predicted molar refractivity (Wildman–Crippen MR) is 89.7 cm³/mol. The largest absolute Gasteiger partial charge is 0.486 e. The topological polar surface area (TPSA) is 67.0 Å². The maximum Gasteiger partial charge on any atom is 0.254 e. The van der Waals surface area contributed by atoms with Crippen molar-refractivity contribution in [3.63, 3.8) is 0 Å². The van der Waals surface area contributed by atoms with E-state index in [9.17, 15) is 4.79 Å². The Kier molecular flexibility index (Phi) is 4.22. The second-order valence-corrected chi connectivity index (χ2v) is 6.93. The van der Waals surface area contributed by atoms with Gasteiger partial charge in [-0.2, -0.15) is 0 Å². The predicted octanol–water partition coefficient (Wildman–Crippen LogP) is 2.29. The molecule has 23 heavy (non-hydrogen) atoms. The fourth-order valence-electron chi connectivity index (χ4n) is 2.69. The Morgan fingerprint density at radius 3 is 2.65 bits per heavy atom. The molecule has 0 fully saturated rings. The van der Waals surface area contributed by atoms with Gasteiger partial charge in [0.1, 0.15) is 18.2 Å². The molecule has 0 spiro atoms. The summed E-state index contributed by atoms with van der Waals surface area (Å²) >= 11 is 0. The summed E-state index contributed by atoms with van der Waals surface area (Å²) in [6.45, 7) is 8.27. The zero-order valence-corrected chi connectivity index (χ0v) is 13.9. The highest BCUT2D eigenvalue weighted by Gasteiger charge is 2.16. The maximum atomic E-state index is 12.1. The highest BCUT2D eigenvalue weighted by atomic mass is 16.5. The minimum Gasteiger partial charge on any atom is -0.486 e. The van der Waals surface area contributed by atoms with Crippen LogP contribution in [-0.2, 0) is 25.0 Å². The summed E-state index contributed by atoms with van der Waals surface area (Å²) < 4.78 is 5.75. The number of nitrogens with one attached hydrogen (secondary N) is 2. The standard InChI is InChI=1S/C18H23N3O2/c1-18(2,3)12-4-6-13(7-5-12)23-11-16-20-15-10-19-9-8-14(15)17(22)21-16/h4-7,19H,8-11H2,1-3H3,(H,20,21,22). The van der Waals surface area contributed by atoms with E-state index < -0.39 is 0 Å². The lowest BCUT2D eigenvalue weighted by Crippen LogP contribution is -2.32. The van der Waals surface area contributed by atoms with Gasteiger partial charge in [0.25, 0.3) is 5.56 Å². The summed E-state index contributed by atoms with van der Waals surface area (Å²) in [4.78, 5) is 19.4. The van der Waals surface area contributed by atoms with Crippen LogP contribution in [0.3, 0.4) is 0 Å². The first-order chi connectivity index (χ1) is 10.9. The van der Waals surface area contributed by atoms with Crippen LogP contribution in [0.4, 0.5) is 0 Å². The Bertz CT molecular complexity index is 742. The van der Waals surface area contributed by atoms with Crippen molar-refractivity contribution in [1.82, 2.24) is 15.3 Å². The van der Waals surface area contributed by atoms with Crippen molar-refractivity contribution in [1.29, 1.82) is 0 Å². The van der Waals surface area contributed by atoms with Gasteiger partial charge >= 0.3 is 0 Å². The van der Waals surface area contributed by atoms with Crippen LogP contribution in [0.1, 0.15) is 43.4 Å². The van der Waals surface area contributed by atoms with Gasteiger partial charge in [0.05, 0.1) is 5.69 Å². The number of hydrogen-bond donors (Lipinski definition) is 2. The van der Waals surface area contributed by atoms with Gasteiger partial charge in [0.15, 0.2) is 0 Å². The average Bonchev–Trinajstić information content (AvgIpc) is 2.52. The number of rotatable bonds is 3. The molecular weight excluding hydrogens is 290 g/mol. The molecule has 0 atom stereocenters. The summed E-state index contributed by atoms with van der Waals surface area (Å²) in [7, 11) is 0. The van der Waals surface area contributed by atoms with Gasteiger partial charge in [-0.3, -0.25) is 4.79 Å². The van der Waals surface area contributed by atoms with E-state index >= 15 is 0 Å². The van der Waals surface area contributed by atoms with E-state index in [1.165, 1.54) is 5.56 Å². The van der Waals surface area contributed by atoms with E-state index in [4.69, 9.17) is 4.74 Å². The molecule has 122 valence electrons. The van der Waals surface area contributed by atoms with E-state index in [2.05, 4.69) is 48.2 Å². The number of benzene rings is 1. The van der Waals surface area contributed by atoms with Crippen molar-refractivity contribution in [3.05, 3.63) is 57.3 Å². The first-order valence-corrected chi connectivity index (χ1v) is 7.98. The molecule has 0 radical (unpaired) electrons. The summed E-state index contributed by atoms with van der Waals surface area (Å²) in [6, 6.07) is 8.06. The van der Waals surface area contributed by atoms with Crippen LogP contribution < -0.4 is 15.6 Å². The van der Waals surface area contributed by atoms with Crippen molar-refractivity contribution < 1.29 is 4.74 Å². The zero-order valence-electron chi connectivity index (χ0n) is 13.9. The molecule has 2 N–H and O–H groups in total. The number of fused-ring (bicyclic) bond motifs is 1. The maximum absolute atomic E-state index is 12.1. The van der Waals surface area contributed by atoms with Crippen molar-refractivity contribution in [2.24, 2.45) is 0 Å². The van der Waals surface area contributed by atoms with Crippen molar-refractivity contribution in [3.8, 4) is 5.75 Å².